The van der Waals surface area contributed by atoms with E-state index in [4.69, 9.17) is 0 Å². The molecule has 8 nitrogen and oxygen atoms in total. The van der Waals surface area contributed by atoms with Gasteiger partial charge in [0, 0.05) is 48.4 Å². The molecule has 0 unspecified atom stereocenters. The van der Waals surface area contributed by atoms with Crippen LogP contribution >= 0.6 is 0 Å². The number of aromatic nitrogens is 4. The van der Waals surface area contributed by atoms with Crippen LogP contribution in [0.3, 0.4) is 0 Å². The maximum absolute atomic E-state index is 12.0. The van der Waals surface area contributed by atoms with Crippen LogP contribution in [-0.4, -0.2) is 39.4 Å². The number of rotatable bonds is 7. The van der Waals surface area contributed by atoms with Crippen molar-refractivity contribution in [1.82, 2.24) is 20.2 Å². The molecule has 0 spiro atoms. The molecule has 2 N–H and O–H groups in total. The quantitative estimate of drug-likeness (QED) is 0.298. The molecule has 0 aliphatic heterocycles. The minimum absolute atomic E-state index is 0.0611. The molecule has 0 saturated heterocycles. The minimum Gasteiger partial charge on any atom is -0.388 e. The summed E-state index contributed by atoms with van der Waals surface area (Å²) in [5, 5.41) is 13.4. The Morgan fingerprint density at radius 3 is 2.50 bits per heavy atom. The van der Waals surface area contributed by atoms with Crippen LogP contribution in [0.4, 0.5) is 11.5 Å². The lowest BCUT2D eigenvalue weighted by atomic mass is 9.98. The van der Waals surface area contributed by atoms with Crippen LogP contribution in [0.2, 0.25) is 0 Å². The average Bonchev–Trinajstić information content (AvgIpc) is 3.80. The SMILES string of the molecule is CC(C)c1cnnc(C=O)c1.CNc1ccc(C)c(-c2cncc(-c3ccnc(NC(=O)C4CC4)c3)c2)c1. The Hall–Kier alpha value is -4.46. The first kappa shape index (κ1) is 26.6. The molecule has 8 heteroatoms. The van der Waals surface area contributed by atoms with Gasteiger partial charge < -0.3 is 10.6 Å². The van der Waals surface area contributed by atoms with Gasteiger partial charge in [0.15, 0.2) is 6.29 Å². The van der Waals surface area contributed by atoms with Gasteiger partial charge in [-0.1, -0.05) is 19.9 Å². The molecule has 1 amide bonds. The largest absolute Gasteiger partial charge is 0.388 e. The van der Waals surface area contributed by atoms with Crippen molar-refractivity contribution in [3.63, 3.8) is 0 Å². The number of nitrogens with one attached hydrogen (secondary N) is 2. The summed E-state index contributed by atoms with van der Waals surface area (Å²) in [6.07, 6.45) is 9.77. The zero-order chi connectivity index (χ0) is 27.1. The van der Waals surface area contributed by atoms with Gasteiger partial charge in [-0.2, -0.15) is 5.10 Å². The number of amides is 1. The molecule has 194 valence electrons. The summed E-state index contributed by atoms with van der Waals surface area (Å²) in [5.74, 6) is 1.20. The summed E-state index contributed by atoms with van der Waals surface area (Å²) < 4.78 is 0. The van der Waals surface area contributed by atoms with E-state index in [9.17, 15) is 9.59 Å². The maximum Gasteiger partial charge on any atom is 0.228 e. The second-order valence-electron chi connectivity index (χ2n) is 9.62. The number of anilines is 2. The van der Waals surface area contributed by atoms with Crippen molar-refractivity contribution < 1.29 is 9.59 Å². The number of aldehydes is 1. The first-order chi connectivity index (χ1) is 18.4. The number of pyridine rings is 2. The highest BCUT2D eigenvalue weighted by Crippen LogP contribution is 2.32. The van der Waals surface area contributed by atoms with E-state index in [1.807, 2.05) is 45.4 Å². The Morgan fingerprint density at radius 1 is 1.00 bits per heavy atom. The van der Waals surface area contributed by atoms with Gasteiger partial charge in [0.1, 0.15) is 11.5 Å². The van der Waals surface area contributed by atoms with Gasteiger partial charge in [-0.25, -0.2) is 4.98 Å². The van der Waals surface area contributed by atoms with E-state index in [0.29, 0.717) is 23.7 Å². The van der Waals surface area contributed by atoms with Crippen LogP contribution in [0.1, 0.15) is 54.2 Å². The standard InChI is InChI=1S/C22H22N4O.C8H10N2O/c1-14-3-6-19(23-2)11-20(14)18-9-17(12-24-13-18)16-7-8-25-21(10-16)26-22(27)15-4-5-15;1-6(2)7-3-8(5-11)10-9-4-7/h3,6-13,15,23H,4-5H2,1-2H3,(H,25,26,27);3-6H,1-2H3. The smallest absolute Gasteiger partial charge is 0.228 e. The van der Waals surface area contributed by atoms with Crippen molar-refractivity contribution in [2.24, 2.45) is 5.92 Å². The minimum atomic E-state index is 0.0611. The van der Waals surface area contributed by atoms with Crippen LogP contribution in [0.5, 0.6) is 0 Å². The highest BCUT2D eigenvalue weighted by molar-refractivity contribution is 5.93. The van der Waals surface area contributed by atoms with Crippen molar-refractivity contribution >= 4 is 23.7 Å². The first-order valence-corrected chi connectivity index (χ1v) is 12.7. The first-order valence-electron chi connectivity index (χ1n) is 12.7. The highest BCUT2D eigenvalue weighted by atomic mass is 16.2. The van der Waals surface area contributed by atoms with Crippen LogP contribution in [0.25, 0.3) is 22.3 Å². The summed E-state index contributed by atoms with van der Waals surface area (Å²) in [7, 11) is 1.91. The van der Waals surface area contributed by atoms with Crippen molar-refractivity contribution in [3.8, 4) is 22.3 Å². The average molecular weight is 509 g/mol. The lowest BCUT2D eigenvalue weighted by Gasteiger charge is -2.11. The van der Waals surface area contributed by atoms with Crippen LogP contribution < -0.4 is 10.6 Å². The van der Waals surface area contributed by atoms with Gasteiger partial charge in [-0.15, -0.1) is 5.10 Å². The molecule has 1 saturated carbocycles. The summed E-state index contributed by atoms with van der Waals surface area (Å²) in [4.78, 5) is 31.0. The molecule has 0 atom stereocenters. The van der Waals surface area contributed by atoms with E-state index in [1.54, 1.807) is 18.5 Å². The summed E-state index contributed by atoms with van der Waals surface area (Å²) in [5.41, 5.74) is 7.88. The molecule has 4 aromatic rings. The third kappa shape index (κ3) is 6.85. The van der Waals surface area contributed by atoms with E-state index in [0.717, 1.165) is 46.3 Å². The van der Waals surface area contributed by atoms with Gasteiger partial charge in [-0.3, -0.25) is 14.6 Å². The molecular formula is C30H32N6O2. The molecule has 0 radical (unpaired) electrons. The van der Waals surface area contributed by atoms with E-state index >= 15 is 0 Å². The molecule has 38 heavy (non-hydrogen) atoms. The number of benzene rings is 1. The fourth-order valence-corrected chi connectivity index (χ4v) is 3.86. The number of carbonyl (C=O) groups excluding carboxylic acids is 2. The number of nitrogens with zero attached hydrogens (tertiary/aromatic N) is 4. The molecule has 1 aliphatic rings. The molecule has 1 fully saturated rings. The summed E-state index contributed by atoms with van der Waals surface area (Å²) >= 11 is 0. The number of carbonyl (C=O) groups is 2. The molecule has 3 heterocycles. The zero-order valence-corrected chi connectivity index (χ0v) is 22.1. The van der Waals surface area contributed by atoms with Crippen LogP contribution in [0, 0.1) is 12.8 Å². The fourth-order valence-electron chi connectivity index (χ4n) is 3.86. The topological polar surface area (TPSA) is 110 Å². The van der Waals surface area contributed by atoms with Gasteiger partial charge in [0.2, 0.25) is 5.91 Å². The Morgan fingerprint density at radius 2 is 1.79 bits per heavy atom. The van der Waals surface area contributed by atoms with Crippen LogP contribution in [0.15, 0.2) is 67.3 Å². The van der Waals surface area contributed by atoms with Gasteiger partial charge in [-0.05, 0) is 84.3 Å². The van der Waals surface area contributed by atoms with Crippen molar-refractivity contribution in [2.45, 2.75) is 39.5 Å². The molecular weight excluding hydrogens is 476 g/mol. The third-order valence-electron chi connectivity index (χ3n) is 6.35. The van der Waals surface area contributed by atoms with E-state index in [2.05, 4.69) is 62.0 Å². The maximum atomic E-state index is 12.0. The second kappa shape index (κ2) is 12.2. The van der Waals surface area contributed by atoms with Crippen molar-refractivity contribution in [1.29, 1.82) is 0 Å². The monoisotopic (exact) mass is 508 g/mol. The van der Waals surface area contributed by atoms with Crippen molar-refractivity contribution in [3.05, 3.63) is 84.1 Å². The van der Waals surface area contributed by atoms with E-state index < -0.39 is 0 Å². The number of hydrogen-bond donors (Lipinski definition) is 2. The second-order valence-corrected chi connectivity index (χ2v) is 9.62. The normalized spacial score (nSPS) is 12.3. The van der Waals surface area contributed by atoms with Crippen molar-refractivity contribution in [2.75, 3.05) is 17.7 Å². The van der Waals surface area contributed by atoms with Gasteiger partial charge in [0.05, 0.1) is 6.20 Å². The zero-order valence-electron chi connectivity index (χ0n) is 22.1. The predicted octanol–water partition coefficient (Wildman–Crippen LogP) is 5.92. The Labute approximate surface area is 223 Å². The van der Waals surface area contributed by atoms with Gasteiger partial charge >= 0.3 is 0 Å². The lowest BCUT2D eigenvalue weighted by molar-refractivity contribution is -0.117. The van der Waals surface area contributed by atoms with E-state index in [1.165, 1.54) is 5.56 Å². The Kier molecular flexibility index (Phi) is 8.53. The number of hydrogen-bond acceptors (Lipinski definition) is 7. The summed E-state index contributed by atoms with van der Waals surface area (Å²) in [6, 6.07) is 14.0. The number of aryl methyl sites for hydroxylation is 1. The third-order valence-corrected chi connectivity index (χ3v) is 6.35. The van der Waals surface area contributed by atoms with E-state index in [-0.39, 0.29) is 11.8 Å². The molecule has 1 aromatic carbocycles. The fraction of sp³-hybridized carbons (Fsp3) is 0.267. The molecule has 0 bridgehead atoms. The Balaban J connectivity index is 0.000000257. The summed E-state index contributed by atoms with van der Waals surface area (Å²) in [6.45, 7) is 6.19. The Bertz CT molecular complexity index is 1430. The van der Waals surface area contributed by atoms with Crippen LogP contribution in [-0.2, 0) is 4.79 Å². The molecule has 5 rings (SSSR count). The molecule has 3 aromatic heterocycles. The lowest BCUT2D eigenvalue weighted by Crippen LogP contribution is -2.14. The molecule has 1 aliphatic carbocycles. The van der Waals surface area contributed by atoms with Gasteiger partial charge in [0.25, 0.3) is 0 Å². The highest BCUT2D eigenvalue weighted by Gasteiger charge is 2.29. The predicted molar refractivity (Wildman–Crippen MR) is 150 cm³/mol.